The summed E-state index contributed by atoms with van der Waals surface area (Å²) in [7, 11) is -3.82. The Kier molecular flexibility index (Phi) is 4.97. The van der Waals surface area contributed by atoms with Crippen LogP contribution in [-0.4, -0.2) is 32.7 Å². The van der Waals surface area contributed by atoms with Crippen molar-refractivity contribution in [3.05, 3.63) is 29.8 Å². The Balaban J connectivity index is 1.96. The number of nitrogens with one attached hydrogen (secondary N) is 2. The Hall–Kier alpha value is -1.73. The largest absolute Gasteiger partial charge is 0.349 e. The van der Waals surface area contributed by atoms with E-state index >= 15 is 0 Å². The molecule has 0 aliphatic heterocycles. The van der Waals surface area contributed by atoms with Gasteiger partial charge in [-0.05, 0) is 44.7 Å². The van der Waals surface area contributed by atoms with Gasteiger partial charge in [-0.15, -0.1) is 0 Å². The molecule has 1 unspecified atom stereocenters. The average Bonchev–Trinajstić information content (AvgIpc) is 3.28. The van der Waals surface area contributed by atoms with Crippen molar-refractivity contribution in [2.45, 2.75) is 37.6 Å². The fraction of sp³-hybridized carbons (Fsp3) is 0.467. The van der Waals surface area contributed by atoms with Gasteiger partial charge in [0.1, 0.15) is 0 Å². The van der Waals surface area contributed by atoms with Gasteiger partial charge in [0.15, 0.2) is 0 Å². The molecule has 22 heavy (non-hydrogen) atoms. The van der Waals surface area contributed by atoms with Crippen molar-refractivity contribution in [3.8, 4) is 0 Å². The molecule has 1 amide bonds. The molecule has 7 heteroatoms. The molecule has 1 fully saturated rings. The number of benzene rings is 1. The Morgan fingerprint density at radius 1 is 1.23 bits per heavy atom. The molecule has 2 N–H and O–H groups in total. The van der Waals surface area contributed by atoms with Crippen LogP contribution in [0.2, 0.25) is 0 Å². The van der Waals surface area contributed by atoms with Gasteiger partial charge < -0.3 is 5.32 Å². The topological polar surface area (TPSA) is 92.3 Å². The number of hydrogen-bond donors (Lipinski definition) is 2. The number of carbonyl (C=O) groups is 2. The van der Waals surface area contributed by atoms with Gasteiger partial charge in [-0.2, -0.15) is 0 Å². The molecular weight excluding hydrogens is 304 g/mol. The molecule has 1 aromatic rings. The molecule has 1 aliphatic rings. The maximum absolute atomic E-state index is 12.2. The van der Waals surface area contributed by atoms with Gasteiger partial charge in [0.2, 0.25) is 15.8 Å². The minimum Gasteiger partial charge on any atom is -0.349 e. The number of rotatable bonds is 7. The summed E-state index contributed by atoms with van der Waals surface area (Å²) in [5.74, 6) is -1.07. The zero-order chi connectivity index (χ0) is 16.3. The molecule has 1 aromatic carbocycles. The fourth-order valence-corrected chi connectivity index (χ4v) is 3.12. The third-order valence-electron chi connectivity index (χ3n) is 3.53. The van der Waals surface area contributed by atoms with E-state index in [1.165, 1.54) is 19.1 Å². The first-order valence-corrected chi connectivity index (χ1v) is 8.69. The van der Waals surface area contributed by atoms with Crippen LogP contribution in [0.15, 0.2) is 29.2 Å². The van der Waals surface area contributed by atoms with E-state index in [1.54, 1.807) is 12.1 Å². The number of amides is 1. The summed E-state index contributed by atoms with van der Waals surface area (Å²) in [6.45, 7) is 3.69. The summed E-state index contributed by atoms with van der Waals surface area (Å²) in [5, 5.41) is 2.53. The van der Waals surface area contributed by atoms with E-state index in [9.17, 15) is 18.0 Å². The van der Waals surface area contributed by atoms with E-state index < -0.39 is 27.8 Å². The standard InChI is InChI=1S/C15H20N2O4S/c1-10-3-7-13(8-4-10)22(20,21)17-11(2)14(18)15(19)16-9-12-5-6-12/h3-4,7-8,11-12,17H,5-6,9H2,1-2H3,(H,16,19). The fourth-order valence-electron chi connectivity index (χ4n) is 1.91. The van der Waals surface area contributed by atoms with Gasteiger partial charge in [-0.25, -0.2) is 13.1 Å². The number of carbonyl (C=O) groups excluding carboxylic acids is 2. The molecular formula is C15H20N2O4S. The van der Waals surface area contributed by atoms with Crippen molar-refractivity contribution < 1.29 is 18.0 Å². The van der Waals surface area contributed by atoms with Crippen LogP contribution in [0.4, 0.5) is 0 Å². The van der Waals surface area contributed by atoms with Crippen molar-refractivity contribution in [2.24, 2.45) is 5.92 Å². The third-order valence-corrected chi connectivity index (χ3v) is 5.09. The zero-order valence-electron chi connectivity index (χ0n) is 12.6. The lowest BCUT2D eigenvalue weighted by Gasteiger charge is -2.13. The highest BCUT2D eigenvalue weighted by Gasteiger charge is 2.28. The first-order valence-electron chi connectivity index (χ1n) is 7.20. The molecule has 0 aromatic heterocycles. The number of sulfonamides is 1. The van der Waals surface area contributed by atoms with E-state index in [4.69, 9.17) is 0 Å². The van der Waals surface area contributed by atoms with Crippen molar-refractivity contribution >= 4 is 21.7 Å². The molecule has 0 radical (unpaired) electrons. The summed E-state index contributed by atoms with van der Waals surface area (Å²) in [5.41, 5.74) is 0.933. The number of hydrogen-bond acceptors (Lipinski definition) is 4. The smallest absolute Gasteiger partial charge is 0.289 e. The van der Waals surface area contributed by atoms with Gasteiger partial charge in [-0.1, -0.05) is 17.7 Å². The first-order chi connectivity index (χ1) is 10.3. The third kappa shape index (κ3) is 4.38. The Morgan fingerprint density at radius 3 is 2.36 bits per heavy atom. The second kappa shape index (κ2) is 6.58. The van der Waals surface area contributed by atoms with Crippen molar-refractivity contribution in [1.29, 1.82) is 0 Å². The predicted molar refractivity (Wildman–Crippen MR) is 81.7 cm³/mol. The molecule has 0 saturated heterocycles. The molecule has 0 bridgehead atoms. The summed E-state index contributed by atoms with van der Waals surface area (Å²) in [4.78, 5) is 23.7. The second-order valence-electron chi connectivity index (χ2n) is 5.67. The molecule has 0 heterocycles. The predicted octanol–water partition coefficient (Wildman–Crippen LogP) is 0.757. The van der Waals surface area contributed by atoms with E-state index in [0.717, 1.165) is 18.4 Å². The number of ketones is 1. The highest BCUT2D eigenvalue weighted by Crippen LogP contribution is 2.27. The van der Waals surface area contributed by atoms with E-state index in [2.05, 4.69) is 10.0 Å². The van der Waals surface area contributed by atoms with Crippen LogP contribution < -0.4 is 10.0 Å². The van der Waals surface area contributed by atoms with Crippen molar-refractivity contribution in [1.82, 2.24) is 10.0 Å². The van der Waals surface area contributed by atoms with Crippen LogP contribution in [0, 0.1) is 12.8 Å². The normalized spacial score (nSPS) is 16.1. The molecule has 120 valence electrons. The molecule has 6 nitrogen and oxygen atoms in total. The zero-order valence-corrected chi connectivity index (χ0v) is 13.4. The van der Waals surface area contributed by atoms with Gasteiger partial charge >= 0.3 is 0 Å². The molecule has 2 rings (SSSR count). The maximum atomic E-state index is 12.2. The van der Waals surface area contributed by atoms with Crippen LogP contribution in [0.1, 0.15) is 25.3 Å². The Bertz CT molecular complexity index is 663. The van der Waals surface area contributed by atoms with Crippen LogP contribution in [0.5, 0.6) is 0 Å². The van der Waals surface area contributed by atoms with Crippen LogP contribution in [-0.2, 0) is 19.6 Å². The van der Waals surface area contributed by atoms with Gasteiger partial charge in [-0.3, -0.25) is 9.59 Å². The first kappa shape index (κ1) is 16.6. The number of aryl methyl sites for hydroxylation is 1. The highest BCUT2D eigenvalue weighted by atomic mass is 32.2. The Morgan fingerprint density at radius 2 is 1.82 bits per heavy atom. The summed E-state index contributed by atoms with van der Waals surface area (Å²) >= 11 is 0. The van der Waals surface area contributed by atoms with Gasteiger partial charge in [0, 0.05) is 6.54 Å². The lowest BCUT2D eigenvalue weighted by molar-refractivity contribution is -0.138. The molecule has 1 saturated carbocycles. The van der Waals surface area contributed by atoms with E-state index in [1.807, 2.05) is 6.92 Å². The molecule has 0 spiro atoms. The molecule has 1 aliphatic carbocycles. The van der Waals surface area contributed by atoms with Crippen molar-refractivity contribution in [2.75, 3.05) is 6.54 Å². The average molecular weight is 324 g/mol. The number of Topliss-reactive ketones (excluding diaryl/α,β-unsaturated/α-hetero) is 1. The van der Waals surface area contributed by atoms with Crippen LogP contribution in [0.25, 0.3) is 0 Å². The minimum absolute atomic E-state index is 0.0659. The minimum atomic E-state index is -3.82. The lowest BCUT2D eigenvalue weighted by Crippen LogP contribution is -2.46. The maximum Gasteiger partial charge on any atom is 0.289 e. The SMILES string of the molecule is Cc1ccc(S(=O)(=O)NC(C)C(=O)C(=O)NCC2CC2)cc1. The highest BCUT2D eigenvalue weighted by molar-refractivity contribution is 7.89. The van der Waals surface area contributed by atoms with Crippen LogP contribution >= 0.6 is 0 Å². The van der Waals surface area contributed by atoms with E-state index in [-0.39, 0.29) is 4.90 Å². The van der Waals surface area contributed by atoms with E-state index in [0.29, 0.717) is 12.5 Å². The monoisotopic (exact) mass is 324 g/mol. The summed E-state index contributed by atoms with van der Waals surface area (Å²) in [6.07, 6.45) is 2.12. The van der Waals surface area contributed by atoms with Gasteiger partial charge in [0.05, 0.1) is 10.9 Å². The summed E-state index contributed by atoms with van der Waals surface area (Å²) < 4.78 is 26.6. The van der Waals surface area contributed by atoms with Crippen molar-refractivity contribution in [3.63, 3.8) is 0 Å². The summed E-state index contributed by atoms with van der Waals surface area (Å²) in [6, 6.07) is 5.15. The quantitative estimate of drug-likeness (QED) is 0.724. The Labute approximate surface area is 130 Å². The second-order valence-corrected chi connectivity index (χ2v) is 7.39. The molecule has 1 atom stereocenters. The van der Waals surface area contributed by atoms with Gasteiger partial charge in [0.25, 0.3) is 5.91 Å². The van der Waals surface area contributed by atoms with Crippen LogP contribution in [0.3, 0.4) is 0 Å². The lowest BCUT2D eigenvalue weighted by atomic mass is 10.2.